The number of hydrogen-bond acceptors (Lipinski definition) is 4. The molecule has 0 aromatic heterocycles. The first-order valence-electron chi connectivity index (χ1n) is 5.75. The Labute approximate surface area is 114 Å². The molecule has 0 bridgehead atoms. The van der Waals surface area contributed by atoms with Crippen LogP contribution in [0.2, 0.25) is 0 Å². The van der Waals surface area contributed by atoms with Gasteiger partial charge in [0.05, 0.1) is 11.5 Å². The summed E-state index contributed by atoms with van der Waals surface area (Å²) in [4.78, 5) is 21.1. The van der Waals surface area contributed by atoms with Crippen LogP contribution in [-0.4, -0.2) is 21.1 Å². The molecule has 0 saturated carbocycles. The van der Waals surface area contributed by atoms with Crippen molar-refractivity contribution in [2.75, 3.05) is 0 Å². The van der Waals surface area contributed by atoms with Crippen LogP contribution >= 0.6 is 0 Å². The SMILES string of the molecule is O=C(O)c1ccc(-c2ccc(CO)cc2)cc1[N+](=O)[O-]. The predicted molar refractivity (Wildman–Crippen MR) is 71.4 cm³/mol. The van der Waals surface area contributed by atoms with Gasteiger partial charge in [-0.15, -0.1) is 0 Å². The summed E-state index contributed by atoms with van der Waals surface area (Å²) in [6.45, 7) is -0.0849. The van der Waals surface area contributed by atoms with Crippen LogP contribution in [0.15, 0.2) is 42.5 Å². The van der Waals surface area contributed by atoms with E-state index in [9.17, 15) is 14.9 Å². The lowest BCUT2D eigenvalue weighted by atomic mass is 10.0. The first kappa shape index (κ1) is 13.7. The highest BCUT2D eigenvalue weighted by molar-refractivity contribution is 5.93. The number of carboxylic acids is 1. The molecule has 2 aromatic rings. The number of aliphatic hydroxyl groups excluding tert-OH is 1. The molecule has 0 heterocycles. The van der Waals surface area contributed by atoms with Gasteiger partial charge in [0.1, 0.15) is 5.56 Å². The van der Waals surface area contributed by atoms with E-state index in [1.807, 2.05) is 0 Å². The van der Waals surface area contributed by atoms with Crippen LogP contribution in [0.3, 0.4) is 0 Å². The molecule has 0 radical (unpaired) electrons. The van der Waals surface area contributed by atoms with Crippen molar-refractivity contribution in [1.82, 2.24) is 0 Å². The highest BCUT2D eigenvalue weighted by atomic mass is 16.6. The van der Waals surface area contributed by atoms with Gasteiger partial charge in [-0.2, -0.15) is 0 Å². The van der Waals surface area contributed by atoms with Crippen LogP contribution in [0.5, 0.6) is 0 Å². The third kappa shape index (κ3) is 2.65. The smallest absolute Gasteiger partial charge is 0.342 e. The Morgan fingerprint density at radius 3 is 2.20 bits per heavy atom. The summed E-state index contributed by atoms with van der Waals surface area (Å²) >= 11 is 0. The quantitative estimate of drug-likeness (QED) is 0.658. The van der Waals surface area contributed by atoms with E-state index in [1.54, 1.807) is 24.3 Å². The Bertz CT molecular complexity index is 664. The summed E-state index contributed by atoms with van der Waals surface area (Å²) in [6.07, 6.45) is 0. The summed E-state index contributed by atoms with van der Waals surface area (Å²) in [5.74, 6) is -1.33. The number of hydrogen-bond donors (Lipinski definition) is 2. The fourth-order valence-corrected chi connectivity index (χ4v) is 1.85. The fourth-order valence-electron chi connectivity index (χ4n) is 1.85. The molecule has 6 nitrogen and oxygen atoms in total. The molecule has 102 valence electrons. The number of nitro benzene ring substituents is 1. The van der Waals surface area contributed by atoms with E-state index in [-0.39, 0.29) is 12.2 Å². The van der Waals surface area contributed by atoms with Gasteiger partial charge in [-0.25, -0.2) is 4.79 Å². The second-order valence-electron chi connectivity index (χ2n) is 4.15. The number of benzene rings is 2. The topological polar surface area (TPSA) is 101 Å². The van der Waals surface area contributed by atoms with E-state index in [4.69, 9.17) is 10.2 Å². The maximum atomic E-state index is 10.9. The lowest BCUT2D eigenvalue weighted by Gasteiger charge is -2.05. The molecule has 0 amide bonds. The van der Waals surface area contributed by atoms with Gasteiger partial charge in [0.25, 0.3) is 5.69 Å². The molecular formula is C14H11NO5. The third-order valence-corrected chi connectivity index (χ3v) is 2.89. The van der Waals surface area contributed by atoms with E-state index in [2.05, 4.69) is 0 Å². The third-order valence-electron chi connectivity index (χ3n) is 2.89. The van der Waals surface area contributed by atoms with E-state index >= 15 is 0 Å². The Kier molecular flexibility index (Phi) is 3.76. The summed E-state index contributed by atoms with van der Waals surface area (Å²) in [7, 11) is 0. The average Bonchev–Trinajstić information content (AvgIpc) is 2.46. The second kappa shape index (κ2) is 5.50. The molecule has 2 aromatic carbocycles. The molecule has 0 unspecified atom stereocenters. The van der Waals surface area contributed by atoms with Crippen molar-refractivity contribution in [3.05, 3.63) is 63.7 Å². The lowest BCUT2D eigenvalue weighted by molar-refractivity contribution is -0.385. The van der Waals surface area contributed by atoms with Gasteiger partial charge in [-0.05, 0) is 22.8 Å². The van der Waals surface area contributed by atoms with Crippen LogP contribution in [0.4, 0.5) is 5.69 Å². The number of rotatable bonds is 4. The van der Waals surface area contributed by atoms with Crippen molar-refractivity contribution in [2.45, 2.75) is 6.61 Å². The van der Waals surface area contributed by atoms with Gasteiger partial charge in [0, 0.05) is 6.07 Å². The van der Waals surface area contributed by atoms with E-state index < -0.39 is 16.6 Å². The molecule has 6 heteroatoms. The zero-order valence-corrected chi connectivity index (χ0v) is 10.3. The van der Waals surface area contributed by atoms with E-state index in [0.717, 1.165) is 5.56 Å². The van der Waals surface area contributed by atoms with Crippen molar-refractivity contribution >= 4 is 11.7 Å². The molecule has 0 aliphatic rings. The standard InChI is InChI=1S/C14H11NO5/c16-8-9-1-3-10(4-2-9)11-5-6-12(14(17)18)13(7-11)15(19)20/h1-7,16H,8H2,(H,17,18). The molecule has 0 spiro atoms. The molecule has 0 fully saturated rings. The van der Waals surface area contributed by atoms with Crippen LogP contribution in [0.25, 0.3) is 11.1 Å². The first-order chi connectivity index (χ1) is 9.52. The monoisotopic (exact) mass is 273 g/mol. The van der Waals surface area contributed by atoms with Crippen molar-refractivity contribution in [2.24, 2.45) is 0 Å². The molecule has 20 heavy (non-hydrogen) atoms. The molecule has 0 aliphatic carbocycles. The molecule has 0 saturated heterocycles. The highest BCUT2D eigenvalue weighted by Crippen LogP contribution is 2.27. The summed E-state index contributed by atoms with van der Waals surface area (Å²) in [5, 5.41) is 28.8. The van der Waals surface area contributed by atoms with Crippen molar-refractivity contribution in [1.29, 1.82) is 0 Å². The molecule has 2 rings (SSSR count). The summed E-state index contributed by atoms with van der Waals surface area (Å²) in [5.41, 5.74) is 1.20. The molecule has 0 aliphatic heterocycles. The maximum absolute atomic E-state index is 10.9. The zero-order chi connectivity index (χ0) is 14.7. The van der Waals surface area contributed by atoms with Gasteiger partial charge >= 0.3 is 5.97 Å². The van der Waals surface area contributed by atoms with Gasteiger partial charge in [0.15, 0.2) is 0 Å². The van der Waals surface area contributed by atoms with Crippen molar-refractivity contribution in [3.63, 3.8) is 0 Å². The van der Waals surface area contributed by atoms with Crippen molar-refractivity contribution in [3.8, 4) is 11.1 Å². The van der Waals surface area contributed by atoms with E-state index in [0.29, 0.717) is 11.1 Å². The van der Waals surface area contributed by atoms with Gasteiger partial charge in [-0.3, -0.25) is 10.1 Å². The van der Waals surface area contributed by atoms with Crippen LogP contribution in [0, 0.1) is 10.1 Å². The number of nitro groups is 1. The Morgan fingerprint density at radius 1 is 1.10 bits per heavy atom. The second-order valence-corrected chi connectivity index (χ2v) is 4.15. The lowest BCUT2D eigenvalue weighted by Crippen LogP contribution is -2.02. The van der Waals surface area contributed by atoms with Crippen molar-refractivity contribution < 1.29 is 19.9 Å². The number of carbonyl (C=O) groups is 1. The number of nitrogens with zero attached hydrogens (tertiary/aromatic N) is 1. The summed E-state index contributed by atoms with van der Waals surface area (Å²) in [6, 6.07) is 10.8. The van der Waals surface area contributed by atoms with Crippen LogP contribution < -0.4 is 0 Å². The molecular weight excluding hydrogens is 262 g/mol. The van der Waals surface area contributed by atoms with Crippen LogP contribution in [-0.2, 0) is 6.61 Å². The number of carboxylic acid groups (broad SMARTS) is 1. The molecule has 2 N–H and O–H groups in total. The summed E-state index contributed by atoms with van der Waals surface area (Å²) < 4.78 is 0. The predicted octanol–water partition coefficient (Wildman–Crippen LogP) is 2.45. The minimum Gasteiger partial charge on any atom is -0.477 e. The van der Waals surface area contributed by atoms with Gasteiger partial charge in [0.2, 0.25) is 0 Å². The highest BCUT2D eigenvalue weighted by Gasteiger charge is 2.20. The van der Waals surface area contributed by atoms with Gasteiger partial charge in [-0.1, -0.05) is 30.3 Å². The Hall–Kier alpha value is -2.73. The zero-order valence-electron chi connectivity index (χ0n) is 10.3. The minimum atomic E-state index is -1.33. The first-order valence-corrected chi connectivity index (χ1v) is 5.75. The largest absolute Gasteiger partial charge is 0.477 e. The van der Waals surface area contributed by atoms with Gasteiger partial charge < -0.3 is 10.2 Å². The number of aliphatic hydroxyl groups is 1. The normalized spacial score (nSPS) is 10.2. The van der Waals surface area contributed by atoms with Crippen LogP contribution in [0.1, 0.15) is 15.9 Å². The number of aromatic carboxylic acids is 1. The molecule has 0 atom stereocenters. The fraction of sp³-hybridized carbons (Fsp3) is 0.0714. The Balaban J connectivity index is 2.49. The maximum Gasteiger partial charge on any atom is 0.342 e. The van der Waals surface area contributed by atoms with E-state index in [1.165, 1.54) is 18.2 Å². The average molecular weight is 273 g/mol. The Morgan fingerprint density at radius 2 is 1.70 bits per heavy atom. The minimum absolute atomic E-state index is 0.0849.